The Morgan fingerprint density at radius 2 is 1.78 bits per heavy atom. The highest BCUT2D eigenvalue weighted by Gasteiger charge is 2.35. The molecule has 10 heteroatoms. The number of hydrogen-bond acceptors (Lipinski definition) is 6. The first-order valence-corrected chi connectivity index (χ1v) is 13.5. The lowest BCUT2D eigenvalue weighted by atomic mass is 9.89. The van der Waals surface area contributed by atoms with Crippen LogP contribution in [0, 0.1) is 5.82 Å². The zero-order chi connectivity index (χ0) is 29.1. The van der Waals surface area contributed by atoms with E-state index in [9.17, 15) is 23.9 Å². The molecule has 0 aliphatic carbocycles. The molecule has 41 heavy (non-hydrogen) atoms. The van der Waals surface area contributed by atoms with Gasteiger partial charge < -0.3 is 20.2 Å². The van der Waals surface area contributed by atoms with Crippen molar-refractivity contribution in [2.75, 3.05) is 57.0 Å². The summed E-state index contributed by atoms with van der Waals surface area (Å²) in [6.45, 7) is 3.92. The summed E-state index contributed by atoms with van der Waals surface area (Å²) < 4.78 is 13.9. The van der Waals surface area contributed by atoms with Crippen molar-refractivity contribution < 1.29 is 23.9 Å². The van der Waals surface area contributed by atoms with Crippen molar-refractivity contribution in [3.8, 4) is 0 Å². The van der Waals surface area contributed by atoms with Crippen LogP contribution in [0.25, 0.3) is 0 Å². The maximum absolute atomic E-state index is 13.9. The van der Waals surface area contributed by atoms with Crippen molar-refractivity contribution in [1.29, 1.82) is 0 Å². The van der Waals surface area contributed by atoms with Crippen molar-refractivity contribution in [2.24, 2.45) is 4.99 Å². The van der Waals surface area contributed by atoms with Gasteiger partial charge in [-0.2, -0.15) is 0 Å². The van der Waals surface area contributed by atoms with E-state index < -0.39 is 17.7 Å². The molecule has 0 bridgehead atoms. The summed E-state index contributed by atoms with van der Waals surface area (Å²) in [6.07, 6.45) is -0.178. The molecule has 2 aliphatic heterocycles. The number of nitrogens with zero attached hydrogens (tertiary/aromatic N) is 4. The van der Waals surface area contributed by atoms with Crippen LogP contribution in [-0.2, 0) is 20.8 Å². The molecule has 0 saturated carbocycles. The van der Waals surface area contributed by atoms with Crippen molar-refractivity contribution in [2.45, 2.75) is 12.3 Å². The fourth-order valence-electron chi connectivity index (χ4n) is 5.15. The number of carbonyl (C=O) groups is 3. The van der Waals surface area contributed by atoms with Gasteiger partial charge in [0.15, 0.2) is 0 Å². The van der Waals surface area contributed by atoms with E-state index in [-0.39, 0.29) is 18.2 Å². The Morgan fingerprint density at radius 3 is 2.49 bits per heavy atom. The molecule has 2 amide bonds. The largest absolute Gasteiger partial charge is 0.481 e. The van der Waals surface area contributed by atoms with Crippen molar-refractivity contribution >= 4 is 40.6 Å². The van der Waals surface area contributed by atoms with Crippen LogP contribution < -0.4 is 10.2 Å². The van der Waals surface area contributed by atoms with Crippen LogP contribution in [0.5, 0.6) is 0 Å². The summed E-state index contributed by atoms with van der Waals surface area (Å²) in [5.74, 6) is -2.61. The third kappa shape index (κ3) is 6.50. The molecule has 2 heterocycles. The van der Waals surface area contributed by atoms with Crippen LogP contribution in [0.3, 0.4) is 0 Å². The number of amides is 2. The number of carboxylic acids is 1. The average molecular weight is 558 g/mol. The summed E-state index contributed by atoms with van der Waals surface area (Å²) in [5, 5.41) is 12.0. The number of nitrogens with one attached hydrogen (secondary N) is 1. The molecule has 0 radical (unpaired) electrons. The zero-order valence-corrected chi connectivity index (χ0v) is 23.0. The second-order valence-corrected chi connectivity index (χ2v) is 10.5. The third-order valence-corrected chi connectivity index (χ3v) is 7.51. The summed E-state index contributed by atoms with van der Waals surface area (Å²) in [6, 6.07) is 18.2. The van der Waals surface area contributed by atoms with Gasteiger partial charge in [0.25, 0.3) is 0 Å². The van der Waals surface area contributed by atoms with Crippen LogP contribution in [0.15, 0.2) is 71.7 Å². The first-order valence-electron chi connectivity index (χ1n) is 13.5. The fraction of sp³-hybridized carbons (Fsp3) is 0.290. The quantitative estimate of drug-likeness (QED) is 0.411. The number of halogens is 1. The molecule has 2 N–H and O–H groups in total. The summed E-state index contributed by atoms with van der Waals surface area (Å²) in [4.78, 5) is 48.3. The molecule has 1 saturated heterocycles. The highest BCUT2D eigenvalue weighted by molar-refractivity contribution is 6.24. The van der Waals surface area contributed by atoms with Gasteiger partial charge in [-0.25, -0.2) is 4.39 Å². The van der Waals surface area contributed by atoms with E-state index in [0.717, 1.165) is 26.2 Å². The van der Waals surface area contributed by atoms with Crippen LogP contribution in [0.2, 0.25) is 0 Å². The number of carboxylic acid groups (broad SMARTS) is 1. The van der Waals surface area contributed by atoms with Gasteiger partial charge in [-0.3, -0.25) is 24.3 Å². The number of piperazine rings is 1. The van der Waals surface area contributed by atoms with Gasteiger partial charge in [-0.05, 0) is 66.2 Å². The third-order valence-electron chi connectivity index (χ3n) is 7.51. The lowest BCUT2D eigenvalue weighted by molar-refractivity contribution is -0.136. The number of aliphatic carboxylic acids is 1. The van der Waals surface area contributed by atoms with Crippen molar-refractivity contribution in [3.63, 3.8) is 0 Å². The fourth-order valence-corrected chi connectivity index (χ4v) is 5.15. The average Bonchev–Trinajstić information content (AvgIpc) is 3.27. The molecule has 0 aromatic heterocycles. The molecule has 3 aromatic rings. The lowest BCUT2D eigenvalue weighted by Gasteiger charge is -2.32. The lowest BCUT2D eigenvalue weighted by Crippen LogP contribution is -2.48. The Bertz CT molecular complexity index is 1500. The van der Waals surface area contributed by atoms with Gasteiger partial charge in [0.2, 0.25) is 11.8 Å². The van der Waals surface area contributed by atoms with Gasteiger partial charge in [-0.15, -0.1) is 0 Å². The monoisotopic (exact) mass is 557 g/mol. The zero-order valence-electron chi connectivity index (χ0n) is 23.0. The van der Waals surface area contributed by atoms with Crippen molar-refractivity contribution in [1.82, 2.24) is 9.80 Å². The molecule has 1 fully saturated rings. The number of likely N-dealkylation sites (N-methyl/N-ethyl adjacent to an activating group) is 2. The molecule has 1 unspecified atom stereocenters. The highest BCUT2D eigenvalue weighted by Crippen LogP contribution is 2.37. The maximum Gasteiger partial charge on any atom is 0.307 e. The summed E-state index contributed by atoms with van der Waals surface area (Å²) in [7, 11) is 3.82. The number of carbonyl (C=O) groups excluding carboxylic acids is 2. The molecule has 9 nitrogen and oxygen atoms in total. The van der Waals surface area contributed by atoms with E-state index in [1.807, 2.05) is 0 Å². The van der Waals surface area contributed by atoms with Crippen LogP contribution in [0.1, 0.15) is 22.6 Å². The van der Waals surface area contributed by atoms with Crippen LogP contribution >= 0.6 is 0 Å². The Morgan fingerprint density at radius 1 is 1.05 bits per heavy atom. The van der Waals surface area contributed by atoms with Gasteiger partial charge in [0.05, 0.1) is 24.4 Å². The Labute approximate surface area is 237 Å². The highest BCUT2D eigenvalue weighted by atomic mass is 19.1. The minimum atomic E-state index is -0.970. The van der Waals surface area contributed by atoms with Gasteiger partial charge in [-0.1, -0.05) is 24.3 Å². The number of hydrogen-bond donors (Lipinski definition) is 2. The van der Waals surface area contributed by atoms with E-state index in [2.05, 4.69) is 22.2 Å². The molecule has 3 aromatic carbocycles. The molecule has 0 spiro atoms. The Kier molecular flexibility index (Phi) is 8.23. The van der Waals surface area contributed by atoms with Gasteiger partial charge in [0.1, 0.15) is 11.7 Å². The maximum atomic E-state index is 13.9. The number of anilines is 2. The summed E-state index contributed by atoms with van der Waals surface area (Å²) in [5.41, 5.74) is 3.80. The van der Waals surface area contributed by atoms with E-state index in [4.69, 9.17) is 4.99 Å². The van der Waals surface area contributed by atoms with E-state index in [0.29, 0.717) is 46.0 Å². The molecule has 5 rings (SSSR count). The first-order chi connectivity index (χ1) is 19.7. The smallest absolute Gasteiger partial charge is 0.307 e. The predicted octanol–water partition coefficient (Wildman–Crippen LogP) is 3.52. The van der Waals surface area contributed by atoms with Crippen LogP contribution in [-0.4, -0.2) is 85.2 Å². The number of rotatable bonds is 8. The van der Waals surface area contributed by atoms with E-state index in [1.165, 1.54) is 12.1 Å². The Hall–Kier alpha value is -4.41. The van der Waals surface area contributed by atoms with E-state index >= 15 is 0 Å². The predicted molar refractivity (Wildman–Crippen MR) is 156 cm³/mol. The molecule has 2 aliphatic rings. The molecular weight excluding hydrogens is 525 g/mol. The molecule has 1 atom stereocenters. The molecule has 212 valence electrons. The van der Waals surface area contributed by atoms with Crippen molar-refractivity contribution in [3.05, 3.63) is 89.2 Å². The number of benzene rings is 3. The standard InChI is InChI=1S/C31H32FN5O4/c1-35-12-14-37(15-13-35)19-27(38)36(2)24-9-7-23(8-10-24)33-30(21-5-3-4-20(16-21)17-28(39)40)29-25-11-6-22(32)18-26(25)34-31(29)41/h3-11,16,18,29H,12-15,17,19H2,1-2H3,(H,34,41)(H,39,40). The molecular formula is C31H32FN5O4. The SMILES string of the molecule is CN1CCN(CC(=O)N(C)c2ccc(N=C(c3cccc(CC(=O)O)c3)C3C(=O)Nc4cc(F)ccc43)cc2)CC1. The topological polar surface area (TPSA) is 106 Å². The Balaban J connectivity index is 1.44. The minimum Gasteiger partial charge on any atom is -0.481 e. The number of fused-ring (bicyclic) bond motifs is 1. The summed E-state index contributed by atoms with van der Waals surface area (Å²) >= 11 is 0. The van der Waals surface area contributed by atoms with E-state index in [1.54, 1.807) is 66.5 Å². The second-order valence-electron chi connectivity index (χ2n) is 10.5. The number of aliphatic imine (C=N–C) groups is 1. The van der Waals surface area contributed by atoms with Gasteiger partial charge >= 0.3 is 5.97 Å². The minimum absolute atomic E-state index is 0.00629. The normalized spacial score (nSPS) is 17.7. The first kappa shape index (κ1) is 28.1. The van der Waals surface area contributed by atoms with Crippen LogP contribution in [0.4, 0.5) is 21.5 Å². The van der Waals surface area contributed by atoms with Gasteiger partial charge in [0, 0.05) is 44.6 Å². The second kappa shape index (κ2) is 12.0.